The lowest BCUT2D eigenvalue weighted by atomic mass is 9.51. The smallest absolute Gasteiger partial charge is 0.308 e. The second-order valence-electron chi connectivity index (χ2n) is 12.3. The summed E-state index contributed by atoms with van der Waals surface area (Å²) in [7, 11) is 0. The fourth-order valence-corrected chi connectivity index (χ4v) is 8.04. The predicted octanol–water partition coefficient (Wildman–Crippen LogP) is 4.40. The van der Waals surface area contributed by atoms with Crippen molar-refractivity contribution >= 4 is 23.7 Å². The molecule has 212 valence electrons. The van der Waals surface area contributed by atoms with Crippen molar-refractivity contribution in [1.82, 2.24) is 9.80 Å². The first-order valence-electron chi connectivity index (χ1n) is 14.4. The molecule has 3 heterocycles. The Morgan fingerprint density at radius 2 is 2.02 bits per heavy atom. The van der Waals surface area contributed by atoms with Crippen molar-refractivity contribution in [1.29, 1.82) is 0 Å². The zero-order chi connectivity index (χ0) is 28.2. The van der Waals surface area contributed by atoms with E-state index in [1.165, 1.54) is 12.5 Å². The first-order valence-corrected chi connectivity index (χ1v) is 14.4. The molecule has 40 heavy (non-hydrogen) atoms. The lowest BCUT2D eigenvalue weighted by molar-refractivity contribution is -0.139. The van der Waals surface area contributed by atoms with Crippen molar-refractivity contribution in [3.05, 3.63) is 53.5 Å². The van der Waals surface area contributed by atoms with Gasteiger partial charge in [0, 0.05) is 42.1 Å². The van der Waals surface area contributed by atoms with Crippen LogP contribution in [0.5, 0.6) is 11.5 Å². The molecule has 1 aromatic carbocycles. The third-order valence-electron chi connectivity index (χ3n) is 9.27. The van der Waals surface area contributed by atoms with Gasteiger partial charge in [0.2, 0.25) is 5.91 Å². The summed E-state index contributed by atoms with van der Waals surface area (Å²) in [5.41, 5.74) is 2.90. The van der Waals surface area contributed by atoms with Gasteiger partial charge in [-0.15, -0.1) is 0 Å². The number of nitrogens with zero attached hydrogens (tertiary/aromatic N) is 2. The van der Waals surface area contributed by atoms with Gasteiger partial charge in [0.05, 0.1) is 25.1 Å². The second kappa shape index (κ2) is 10.2. The highest BCUT2D eigenvalue weighted by Gasteiger charge is 2.66. The van der Waals surface area contributed by atoms with E-state index >= 15 is 0 Å². The number of hydrogen-bond donors (Lipinski definition) is 0. The van der Waals surface area contributed by atoms with Gasteiger partial charge in [-0.25, -0.2) is 0 Å². The minimum absolute atomic E-state index is 0.0453. The number of rotatable bonds is 8. The first kappa shape index (κ1) is 26.8. The minimum Gasteiger partial charge on any atom is -0.483 e. The van der Waals surface area contributed by atoms with Crippen LogP contribution in [0.3, 0.4) is 0 Å². The Balaban J connectivity index is 1.43. The second-order valence-corrected chi connectivity index (χ2v) is 12.3. The van der Waals surface area contributed by atoms with Crippen LogP contribution < -0.4 is 9.47 Å². The van der Waals surface area contributed by atoms with Crippen LogP contribution in [-0.2, 0) is 26.2 Å². The molecule has 1 saturated heterocycles. The SMILES string of the molecule is CC(=O)CN1CC[C@]23c4c5ccc(OC(C)=O)c4O[C@H]2[C@H](N(CC(C)C)C(=O)C=Cc2ccoc2)CC[C@H]3[C@H]1C5. The number of piperidine rings is 1. The number of likely N-dealkylation sites (tertiary alicyclic amines) is 1. The molecule has 2 aromatic rings. The number of carbonyl (C=O) groups is 3. The van der Waals surface area contributed by atoms with E-state index in [4.69, 9.17) is 13.9 Å². The summed E-state index contributed by atoms with van der Waals surface area (Å²) in [6.45, 7) is 9.18. The van der Waals surface area contributed by atoms with Gasteiger partial charge in [0.15, 0.2) is 11.5 Å². The van der Waals surface area contributed by atoms with E-state index in [0.717, 1.165) is 43.4 Å². The maximum absolute atomic E-state index is 13.8. The van der Waals surface area contributed by atoms with Crippen molar-refractivity contribution in [2.75, 3.05) is 19.6 Å². The molecule has 0 radical (unpaired) electrons. The van der Waals surface area contributed by atoms with E-state index in [-0.39, 0.29) is 47.2 Å². The Labute approximate surface area is 235 Å². The molecular formula is C32H38N2O6. The van der Waals surface area contributed by atoms with E-state index < -0.39 is 0 Å². The monoisotopic (exact) mass is 546 g/mol. The number of amides is 1. The normalized spacial score (nSPS) is 28.3. The number of esters is 1. The maximum atomic E-state index is 13.8. The molecule has 8 heteroatoms. The van der Waals surface area contributed by atoms with Gasteiger partial charge in [0.1, 0.15) is 11.9 Å². The van der Waals surface area contributed by atoms with Crippen LogP contribution >= 0.6 is 0 Å². The number of Topliss-reactive ketones (excluding diaryl/α,β-unsaturated/α-hetero) is 1. The summed E-state index contributed by atoms with van der Waals surface area (Å²) in [5, 5.41) is 0. The zero-order valence-electron chi connectivity index (χ0n) is 23.7. The van der Waals surface area contributed by atoms with Crippen LogP contribution in [0.15, 0.2) is 41.2 Å². The number of furan rings is 1. The number of ketones is 1. The topological polar surface area (TPSA) is 89.3 Å². The van der Waals surface area contributed by atoms with Crippen molar-refractivity contribution in [3.63, 3.8) is 0 Å². The summed E-state index contributed by atoms with van der Waals surface area (Å²) in [6.07, 6.45) is 9.80. The van der Waals surface area contributed by atoms with Crippen LogP contribution in [-0.4, -0.2) is 65.3 Å². The highest BCUT2D eigenvalue weighted by atomic mass is 16.6. The molecule has 1 saturated carbocycles. The van der Waals surface area contributed by atoms with Gasteiger partial charge >= 0.3 is 5.97 Å². The third-order valence-corrected chi connectivity index (χ3v) is 9.27. The lowest BCUT2D eigenvalue weighted by Gasteiger charge is -2.60. The molecule has 8 nitrogen and oxygen atoms in total. The molecule has 1 spiro atoms. The van der Waals surface area contributed by atoms with E-state index in [2.05, 4.69) is 24.8 Å². The Bertz CT molecular complexity index is 1350. The zero-order valence-corrected chi connectivity index (χ0v) is 23.7. The van der Waals surface area contributed by atoms with E-state index in [9.17, 15) is 14.4 Å². The fourth-order valence-electron chi connectivity index (χ4n) is 8.04. The average Bonchev–Trinajstić information content (AvgIpc) is 3.54. The molecule has 2 fully saturated rings. The number of carbonyl (C=O) groups excluding carboxylic acids is 3. The van der Waals surface area contributed by atoms with Crippen LogP contribution in [0.1, 0.15) is 63.6 Å². The van der Waals surface area contributed by atoms with Crippen LogP contribution in [0.25, 0.3) is 6.08 Å². The van der Waals surface area contributed by atoms with Crippen LogP contribution in [0.2, 0.25) is 0 Å². The predicted molar refractivity (Wildman–Crippen MR) is 149 cm³/mol. The van der Waals surface area contributed by atoms with Gasteiger partial charge in [-0.05, 0) is 74.8 Å². The molecule has 5 atom stereocenters. The molecule has 4 aliphatic rings. The number of benzene rings is 1. The van der Waals surface area contributed by atoms with E-state index in [1.54, 1.807) is 31.6 Å². The van der Waals surface area contributed by atoms with Crippen LogP contribution in [0.4, 0.5) is 0 Å². The van der Waals surface area contributed by atoms with Crippen LogP contribution in [0, 0.1) is 11.8 Å². The lowest BCUT2D eigenvalue weighted by Crippen LogP contribution is -2.69. The summed E-state index contributed by atoms with van der Waals surface area (Å²) >= 11 is 0. The summed E-state index contributed by atoms with van der Waals surface area (Å²) in [5.74, 6) is 1.44. The number of ether oxygens (including phenoxy) is 2. The Hall–Kier alpha value is -3.39. The molecule has 0 unspecified atom stereocenters. The molecule has 6 rings (SSSR count). The van der Waals surface area contributed by atoms with Gasteiger partial charge in [-0.2, -0.15) is 0 Å². The molecule has 2 bridgehead atoms. The molecule has 1 aromatic heterocycles. The van der Waals surface area contributed by atoms with Crippen molar-refractivity contribution in [2.24, 2.45) is 11.8 Å². The third kappa shape index (κ3) is 4.37. The van der Waals surface area contributed by atoms with E-state index in [0.29, 0.717) is 30.5 Å². The van der Waals surface area contributed by atoms with Crippen molar-refractivity contribution in [2.45, 2.75) is 77.0 Å². The number of hydrogen-bond acceptors (Lipinski definition) is 7. The fraction of sp³-hybridized carbons (Fsp3) is 0.531. The standard InChI is InChI=1S/C32H38N2O6/c1-19(2)16-34(28(37)10-5-22-11-14-38-18-22)25-8-7-24-26-15-23-6-9-27(39-21(4)36)30-29(23)32(24,31(25)40-30)12-13-33(26)17-20(3)35/h5-6,9-11,14,18-19,24-26,31H,7-8,12-13,15-17H2,1-4H3/t24-,25+,26+,31-,32-/m0/s1. The first-order chi connectivity index (χ1) is 19.2. The average molecular weight is 547 g/mol. The van der Waals surface area contributed by atoms with Crippen molar-refractivity contribution < 1.29 is 28.3 Å². The van der Waals surface area contributed by atoms with Gasteiger partial charge < -0.3 is 18.8 Å². The van der Waals surface area contributed by atoms with Crippen molar-refractivity contribution in [3.8, 4) is 11.5 Å². The molecule has 1 amide bonds. The Kier molecular flexibility index (Phi) is 6.85. The molecule has 2 aliphatic heterocycles. The van der Waals surface area contributed by atoms with Gasteiger partial charge in [0.25, 0.3) is 0 Å². The summed E-state index contributed by atoms with van der Waals surface area (Å²) in [6, 6.07) is 5.84. The highest BCUT2D eigenvalue weighted by molar-refractivity contribution is 5.92. The molecule has 0 N–H and O–H groups in total. The molecule has 2 aliphatic carbocycles. The summed E-state index contributed by atoms with van der Waals surface area (Å²) in [4.78, 5) is 42.4. The Morgan fingerprint density at radius 3 is 2.73 bits per heavy atom. The maximum Gasteiger partial charge on any atom is 0.308 e. The molecular weight excluding hydrogens is 508 g/mol. The largest absolute Gasteiger partial charge is 0.483 e. The minimum atomic E-state index is -0.383. The van der Waals surface area contributed by atoms with Gasteiger partial charge in [-0.1, -0.05) is 19.9 Å². The quantitative estimate of drug-likeness (QED) is 0.275. The highest BCUT2D eigenvalue weighted by Crippen LogP contribution is 2.64. The summed E-state index contributed by atoms with van der Waals surface area (Å²) < 4.78 is 17.7. The van der Waals surface area contributed by atoms with Gasteiger partial charge in [-0.3, -0.25) is 19.3 Å². The Morgan fingerprint density at radius 1 is 1.20 bits per heavy atom. The van der Waals surface area contributed by atoms with E-state index in [1.807, 2.05) is 17.0 Å².